The Hall–Kier alpha value is -2.94. The number of morpholine rings is 1. The van der Waals surface area contributed by atoms with Gasteiger partial charge in [-0.1, -0.05) is 29.3 Å². The molecule has 10 heteroatoms. The van der Waals surface area contributed by atoms with Crippen molar-refractivity contribution in [1.82, 2.24) is 24.9 Å². The van der Waals surface area contributed by atoms with Crippen LogP contribution in [0.2, 0.25) is 10.0 Å². The van der Waals surface area contributed by atoms with E-state index in [0.717, 1.165) is 24.4 Å². The molecule has 4 aromatic rings. The molecule has 0 saturated carbocycles. The van der Waals surface area contributed by atoms with Crippen LogP contribution in [0.3, 0.4) is 0 Å². The number of halogens is 2. The van der Waals surface area contributed by atoms with Gasteiger partial charge in [0.15, 0.2) is 5.82 Å². The van der Waals surface area contributed by atoms with Gasteiger partial charge in [0.2, 0.25) is 0 Å². The number of H-pyrrole nitrogens is 1. The highest BCUT2D eigenvalue weighted by Gasteiger charge is 2.16. The number of ether oxygens (including phenoxy) is 1. The van der Waals surface area contributed by atoms with E-state index in [4.69, 9.17) is 27.9 Å². The molecule has 1 aromatic carbocycles. The number of pyridine rings is 1. The molecule has 5 rings (SSSR count). The number of benzene rings is 1. The standard InChI is InChI=1S/C20H17Cl2N7O/c21-12-2-1-3-13(22)17(12)19-26-14-4-5-23-20(18(14)28-19)27-15-10-25-16(11-24-15)29-6-8-30-9-7-29/h1-5,10-11H,6-9H2,(H,26,28)(H,23,24,27). The van der Waals surface area contributed by atoms with Crippen molar-refractivity contribution in [2.24, 2.45) is 0 Å². The van der Waals surface area contributed by atoms with E-state index in [1.165, 1.54) is 0 Å². The SMILES string of the molecule is Clc1cccc(Cl)c1-c1nc2c(Nc3cnc(N4CCOCC4)cn3)nccc2[nH]1. The van der Waals surface area contributed by atoms with Gasteiger partial charge in [-0.25, -0.2) is 19.9 Å². The molecule has 0 amide bonds. The van der Waals surface area contributed by atoms with E-state index in [1.807, 2.05) is 6.07 Å². The minimum atomic E-state index is 0.522. The summed E-state index contributed by atoms with van der Waals surface area (Å²) in [5, 5.41) is 4.24. The first kappa shape index (κ1) is 19.0. The third-order valence-corrected chi connectivity index (χ3v) is 5.45. The third kappa shape index (κ3) is 3.65. The van der Waals surface area contributed by atoms with Crippen molar-refractivity contribution < 1.29 is 4.74 Å². The van der Waals surface area contributed by atoms with Crippen molar-refractivity contribution in [1.29, 1.82) is 0 Å². The highest BCUT2D eigenvalue weighted by molar-refractivity contribution is 6.39. The fourth-order valence-corrected chi connectivity index (χ4v) is 3.91. The van der Waals surface area contributed by atoms with E-state index in [9.17, 15) is 0 Å². The van der Waals surface area contributed by atoms with Gasteiger partial charge < -0.3 is 19.9 Å². The van der Waals surface area contributed by atoms with Gasteiger partial charge in [-0.15, -0.1) is 0 Å². The second-order valence-corrected chi connectivity index (χ2v) is 7.54. The van der Waals surface area contributed by atoms with Crippen LogP contribution in [0.5, 0.6) is 0 Å². The summed E-state index contributed by atoms with van der Waals surface area (Å²) < 4.78 is 5.38. The first-order valence-electron chi connectivity index (χ1n) is 9.40. The van der Waals surface area contributed by atoms with Crippen LogP contribution in [0.4, 0.5) is 17.5 Å². The largest absolute Gasteiger partial charge is 0.378 e. The highest BCUT2D eigenvalue weighted by atomic mass is 35.5. The number of aromatic nitrogens is 5. The molecule has 3 aromatic heterocycles. The number of nitrogens with zero attached hydrogens (tertiary/aromatic N) is 5. The lowest BCUT2D eigenvalue weighted by molar-refractivity contribution is 0.122. The monoisotopic (exact) mass is 441 g/mol. The number of anilines is 3. The number of fused-ring (bicyclic) bond motifs is 1. The summed E-state index contributed by atoms with van der Waals surface area (Å²) in [6.07, 6.45) is 5.12. The molecule has 0 radical (unpaired) electrons. The normalized spacial score (nSPS) is 14.3. The van der Waals surface area contributed by atoms with Crippen LogP contribution in [0, 0.1) is 0 Å². The lowest BCUT2D eigenvalue weighted by Crippen LogP contribution is -2.36. The minimum absolute atomic E-state index is 0.522. The molecule has 1 aliphatic rings. The summed E-state index contributed by atoms with van der Waals surface area (Å²) in [6.45, 7) is 3.01. The Kier molecular flexibility index (Phi) is 5.12. The molecule has 0 aliphatic carbocycles. The Balaban J connectivity index is 1.44. The highest BCUT2D eigenvalue weighted by Crippen LogP contribution is 2.34. The van der Waals surface area contributed by atoms with Crippen molar-refractivity contribution in [3.63, 3.8) is 0 Å². The van der Waals surface area contributed by atoms with E-state index in [1.54, 1.807) is 36.8 Å². The van der Waals surface area contributed by atoms with E-state index in [2.05, 4.69) is 35.1 Å². The van der Waals surface area contributed by atoms with Crippen molar-refractivity contribution >= 4 is 51.7 Å². The molecular formula is C20H17Cl2N7O. The second kappa shape index (κ2) is 8.06. The van der Waals surface area contributed by atoms with E-state index < -0.39 is 0 Å². The van der Waals surface area contributed by atoms with Gasteiger partial charge in [0.05, 0.1) is 46.7 Å². The maximum absolute atomic E-state index is 6.33. The van der Waals surface area contributed by atoms with E-state index in [0.29, 0.717) is 51.8 Å². The molecule has 2 N–H and O–H groups in total. The minimum Gasteiger partial charge on any atom is -0.378 e. The zero-order chi connectivity index (χ0) is 20.5. The van der Waals surface area contributed by atoms with Gasteiger partial charge in [-0.05, 0) is 18.2 Å². The maximum Gasteiger partial charge on any atom is 0.159 e. The molecule has 0 unspecified atom stereocenters. The zero-order valence-corrected chi connectivity index (χ0v) is 17.3. The van der Waals surface area contributed by atoms with Crippen LogP contribution in [-0.2, 0) is 4.74 Å². The molecule has 0 bridgehead atoms. The topological polar surface area (TPSA) is 91.8 Å². The van der Waals surface area contributed by atoms with E-state index >= 15 is 0 Å². The molecule has 1 saturated heterocycles. The van der Waals surface area contributed by atoms with Gasteiger partial charge >= 0.3 is 0 Å². The molecule has 8 nitrogen and oxygen atoms in total. The molecule has 1 fully saturated rings. The zero-order valence-electron chi connectivity index (χ0n) is 15.8. The van der Waals surface area contributed by atoms with E-state index in [-0.39, 0.29) is 0 Å². The number of imidazole rings is 1. The van der Waals surface area contributed by atoms with Crippen molar-refractivity contribution in [3.8, 4) is 11.4 Å². The van der Waals surface area contributed by atoms with Crippen LogP contribution in [0.1, 0.15) is 0 Å². The fourth-order valence-electron chi connectivity index (χ4n) is 3.33. The predicted molar refractivity (Wildman–Crippen MR) is 118 cm³/mol. The molecular weight excluding hydrogens is 425 g/mol. The fraction of sp³-hybridized carbons (Fsp3) is 0.200. The summed E-state index contributed by atoms with van der Waals surface area (Å²) in [7, 11) is 0. The van der Waals surface area contributed by atoms with Crippen LogP contribution in [0.25, 0.3) is 22.4 Å². The quantitative estimate of drug-likeness (QED) is 0.487. The lowest BCUT2D eigenvalue weighted by Gasteiger charge is -2.27. The van der Waals surface area contributed by atoms with Crippen LogP contribution < -0.4 is 10.2 Å². The smallest absolute Gasteiger partial charge is 0.159 e. The number of nitrogens with one attached hydrogen (secondary N) is 2. The van der Waals surface area contributed by atoms with Crippen molar-refractivity contribution in [3.05, 3.63) is 52.9 Å². The second-order valence-electron chi connectivity index (χ2n) is 6.72. The number of hydrogen-bond acceptors (Lipinski definition) is 7. The van der Waals surface area contributed by atoms with Gasteiger partial charge in [0.1, 0.15) is 23.0 Å². The molecule has 152 valence electrons. The summed E-state index contributed by atoms with van der Waals surface area (Å²) in [4.78, 5) is 23.5. The average molecular weight is 442 g/mol. The summed E-state index contributed by atoms with van der Waals surface area (Å²) in [6, 6.07) is 7.19. The Labute approximate surface area is 182 Å². The first-order valence-corrected chi connectivity index (χ1v) is 10.2. The predicted octanol–water partition coefficient (Wildman–Crippen LogP) is 4.30. The summed E-state index contributed by atoms with van der Waals surface area (Å²) in [5.41, 5.74) is 2.11. The Morgan fingerprint density at radius 3 is 2.53 bits per heavy atom. The number of aromatic amines is 1. The molecule has 4 heterocycles. The van der Waals surface area contributed by atoms with Gasteiger partial charge in [0.25, 0.3) is 0 Å². The maximum atomic E-state index is 6.33. The summed E-state index contributed by atoms with van der Waals surface area (Å²) >= 11 is 12.7. The number of rotatable bonds is 4. The van der Waals surface area contributed by atoms with Crippen LogP contribution >= 0.6 is 23.2 Å². The Morgan fingerprint density at radius 1 is 1.00 bits per heavy atom. The molecule has 30 heavy (non-hydrogen) atoms. The van der Waals surface area contributed by atoms with Crippen molar-refractivity contribution in [2.45, 2.75) is 0 Å². The average Bonchev–Trinajstić information content (AvgIpc) is 3.20. The van der Waals surface area contributed by atoms with Crippen LogP contribution in [-0.4, -0.2) is 51.2 Å². The Morgan fingerprint density at radius 2 is 1.80 bits per heavy atom. The molecule has 0 atom stereocenters. The number of hydrogen-bond donors (Lipinski definition) is 2. The molecule has 0 spiro atoms. The summed E-state index contributed by atoms with van der Waals surface area (Å²) in [5.74, 6) is 2.54. The first-order chi connectivity index (χ1) is 14.7. The van der Waals surface area contributed by atoms with Gasteiger partial charge in [-0.3, -0.25) is 0 Å². The Bertz CT molecular complexity index is 1170. The van der Waals surface area contributed by atoms with Crippen LogP contribution in [0.15, 0.2) is 42.9 Å². The van der Waals surface area contributed by atoms with Crippen molar-refractivity contribution in [2.75, 3.05) is 36.5 Å². The van der Waals surface area contributed by atoms with Gasteiger partial charge in [0, 0.05) is 19.3 Å². The lowest BCUT2D eigenvalue weighted by atomic mass is 10.2. The van der Waals surface area contributed by atoms with Gasteiger partial charge in [-0.2, -0.15) is 0 Å². The third-order valence-electron chi connectivity index (χ3n) is 4.82. The molecule has 1 aliphatic heterocycles.